The fourth-order valence-corrected chi connectivity index (χ4v) is 13.3. The van der Waals surface area contributed by atoms with Crippen LogP contribution in [0.25, 0.3) is 10.9 Å². The molecule has 25 N–H and O–H groups in total. The van der Waals surface area contributed by atoms with Crippen molar-refractivity contribution >= 4 is 129 Å². The maximum absolute atomic E-state index is 15.6. The number of aliphatic hydroxyl groups is 1. The Morgan fingerprint density at radius 1 is 0.622 bits per heavy atom. The van der Waals surface area contributed by atoms with E-state index in [0.29, 0.717) is 46.5 Å². The highest BCUT2D eigenvalue weighted by atomic mass is 32.2. The van der Waals surface area contributed by atoms with Gasteiger partial charge in [-0.05, 0) is 99.0 Å². The van der Waals surface area contributed by atoms with E-state index in [9.17, 15) is 72.5 Å². The van der Waals surface area contributed by atoms with Crippen LogP contribution < -0.4 is 87.6 Å². The molecule has 1 aromatic carbocycles. The van der Waals surface area contributed by atoms with Gasteiger partial charge in [-0.2, -0.15) is 33.8 Å². The SMILES string of the molecule is CCC(C)[C@H](NC(=O)[C@@H](N)CCCN=C(N)N)C(=O)N[C@@H](CC(N)=O)C(=O)N[C@@H](CC(N)=O)C(=O)N[C@H](C(=O)N1C[C@@H](C2C=C(C3C=CC=C3)N=N2)CC1C(=O)N[C@@H](Cc1c[nH]c2ccccc12)C(=O)N[C@@H](CO)C(=O)N[C@@H](CCC(=O)O)C(=O)N[C@@H](C)C(=O)N[C@@H](CCSC)C(=O)N[C@@H](CCSC)C(N)=O)C(C)CC. The summed E-state index contributed by atoms with van der Waals surface area (Å²) >= 11 is 2.78. The average molecular weight is 1590 g/mol. The number of carboxylic acids is 1. The summed E-state index contributed by atoms with van der Waals surface area (Å²) in [6.45, 7) is 6.70. The lowest BCUT2D eigenvalue weighted by atomic mass is 9.95. The molecule has 0 bridgehead atoms. The molecule has 2 aliphatic heterocycles. The number of rotatable bonds is 48. The minimum atomic E-state index is -1.92. The Labute approximate surface area is 650 Å². The Morgan fingerprint density at radius 3 is 1.74 bits per heavy atom. The largest absolute Gasteiger partial charge is 0.481 e. The lowest BCUT2D eigenvalue weighted by Crippen LogP contribution is -2.62. The monoisotopic (exact) mass is 1590 g/mol. The van der Waals surface area contributed by atoms with Gasteiger partial charge in [0.05, 0.1) is 37.2 Å². The Hall–Kier alpha value is -10.5. The predicted molar refractivity (Wildman–Crippen MR) is 413 cm³/mol. The molecule has 5 rings (SSSR count). The second-order valence-corrected chi connectivity index (χ2v) is 29.5. The molecule has 0 radical (unpaired) electrons. The van der Waals surface area contributed by atoms with Gasteiger partial charge in [0.15, 0.2) is 5.96 Å². The summed E-state index contributed by atoms with van der Waals surface area (Å²) in [4.78, 5) is 216. The number of amides is 14. The van der Waals surface area contributed by atoms with Crippen molar-refractivity contribution in [3.8, 4) is 0 Å². The number of likely N-dealkylation sites (tertiary alicyclic amines) is 1. The third-order valence-corrected chi connectivity index (χ3v) is 20.5. The van der Waals surface area contributed by atoms with Crippen molar-refractivity contribution in [1.82, 2.24) is 63.1 Å². The third kappa shape index (κ3) is 28.1. The van der Waals surface area contributed by atoms with Crippen LogP contribution in [0.2, 0.25) is 0 Å². The van der Waals surface area contributed by atoms with Crippen LogP contribution in [0, 0.1) is 23.7 Å². The van der Waals surface area contributed by atoms with Gasteiger partial charge in [0.1, 0.15) is 66.5 Å². The van der Waals surface area contributed by atoms with E-state index in [0.717, 1.165) is 0 Å². The second-order valence-electron chi connectivity index (χ2n) is 27.5. The number of azo groups is 1. The lowest BCUT2D eigenvalue weighted by Gasteiger charge is -2.33. The summed E-state index contributed by atoms with van der Waals surface area (Å²) in [5.74, 6) is -16.9. The molecule has 3 aliphatic rings. The Bertz CT molecular complexity index is 3820. The number of aliphatic carboxylic acids is 1. The highest BCUT2D eigenvalue weighted by molar-refractivity contribution is 7.98. The molecule has 4 unspecified atom stereocenters. The minimum Gasteiger partial charge on any atom is -0.481 e. The zero-order valence-electron chi connectivity index (χ0n) is 63.2. The zero-order chi connectivity index (χ0) is 82.3. The van der Waals surface area contributed by atoms with Gasteiger partial charge in [0.25, 0.3) is 0 Å². The summed E-state index contributed by atoms with van der Waals surface area (Å²) in [5.41, 5.74) is 35.3. The number of benzene rings is 1. The van der Waals surface area contributed by atoms with E-state index in [1.807, 2.05) is 24.3 Å². The number of thioether (sulfide) groups is 2. The molecule has 3 heterocycles. The first-order chi connectivity index (χ1) is 52.6. The van der Waals surface area contributed by atoms with Gasteiger partial charge < -0.3 is 108 Å². The summed E-state index contributed by atoms with van der Waals surface area (Å²) in [5, 5.41) is 55.2. The minimum absolute atomic E-state index is 0.0926. The number of aliphatic imine (C=N–C) groups is 1. The van der Waals surface area contributed by atoms with Gasteiger partial charge in [-0.3, -0.25) is 76.9 Å². The first-order valence-corrected chi connectivity index (χ1v) is 39.3. The number of nitrogens with one attached hydrogen (secondary N) is 11. The fraction of sp³-hybridized carbons (Fsp3) is 0.577. The molecule has 14 amide bonds. The van der Waals surface area contributed by atoms with Gasteiger partial charge in [0.2, 0.25) is 82.7 Å². The number of carbonyl (C=O) groups is 15. The molecular weight excluding hydrogens is 1480 g/mol. The van der Waals surface area contributed by atoms with E-state index < -0.39 is 217 Å². The van der Waals surface area contributed by atoms with Gasteiger partial charge >= 0.3 is 5.97 Å². The van der Waals surface area contributed by atoms with Crippen LogP contribution in [0.15, 0.2) is 81.8 Å². The number of aromatic amines is 1. The summed E-state index contributed by atoms with van der Waals surface area (Å²) < 4.78 is 0. The maximum Gasteiger partial charge on any atom is 0.303 e. The molecule has 16 atom stereocenters. The van der Waals surface area contributed by atoms with Crippen LogP contribution in [0.5, 0.6) is 0 Å². The molecule has 1 saturated heterocycles. The van der Waals surface area contributed by atoms with Crippen LogP contribution in [0.1, 0.15) is 111 Å². The number of nitrogens with zero attached hydrogens (tertiary/aromatic N) is 4. The van der Waals surface area contributed by atoms with Crippen molar-refractivity contribution in [2.75, 3.05) is 43.7 Å². The van der Waals surface area contributed by atoms with Crippen LogP contribution >= 0.6 is 23.5 Å². The second kappa shape index (κ2) is 45.0. The first kappa shape index (κ1) is 91.1. The van der Waals surface area contributed by atoms with Crippen LogP contribution in [-0.2, 0) is 78.3 Å². The molecule has 1 aromatic heterocycles. The highest BCUT2D eigenvalue weighted by Crippen LogP contribution is 2.36. The zero-order valence-corrected chi connectivity index (χ0v) is 64.8. The summed E-state index contributed by atoms with van der Waals surface area (Å²) in [6, 6.07) is -12.1. The maximum atomic E-state index is 15.6. The van der Waals surface area contributed by atoms with Crippen LogP contribution in [0.4, 0.5) is 0 Å². The van der Waals surface area contributed by atoms with Crippen molar-refractivity contribution in [1.29, 1.82) is 0 Å². The molecule has 610 valence electrons. The van der Waals surface area contributed by atoms with E-state index in [-0.39, 0.29) is 63.5 Å². The number of hydrogen-bond donors (Lipinski definition) is 19. The van der Waals surface area contributed by atoms with Gasteiger partial charge in [-0.15, -0.1) is 0 Å². The number of fused-ring (bicyclic) bond motifs is 1. The Morgan fingerprint density at radius 2 is 1.14 bits per heavy atom. The highest BCUT2D eigenvalue weighted by Gasteiger charge is 2.48. The molecule has 40 heteroatoms. The number of aliphatic hydroxyl groups excluding tert-OH is 1. The number of allylic oxidation sites excluding steroid dienone is 3. The molecule has 38 nitrogen and oxygen atoms in total. The van der Waals surface area contributed by atoms with Crippen molar-refractivity contribution in [2.24, 2.45) is 73.3 Å². The van der Waals surface area contributed by atoms with Crippen molar-refractivity contribution in [3.63, 3.8) is 0 Å². The number of primary amides is 3. The number of para-hydroxylation sites is 1. The van der Waals surface area contributed by atoms with Crippen molar-refractivity contribution in [2.45, 2.75) is 190 Å². The molecule has 1 aliphatic carbocycles. The predicted octanol–water partition coefficient (Wildman–Crippen LogP) is -3.67. The van der Waals surface area contributed by atoms with E-state index >= 15 is 9.59 Å². The van der Waals surface area contributed by atoms with Crippen LogP contribution in [0.3, 0.4) is 0 Å². The normalized spacial score (nSPS) is 18.6. The van der Waals surface area contributed by atoms with E-state index in [2.05, 4.69) is 73.4 Å². The molecule has 2 aromatic rings. The number of hydrogen-bond acceptors (Lipinski definition) is 22. The molecule has 111 heavy (non-hydrogen) atoms. The van der Waals surface area contributed by atoms with Gasteiger partial charge in [-0.1, -0.05) is 83.0 Å². The Kier molecular flexibility index (Phi) is 36.9. The van der Waals surface area contributed by atoms with E-state index in [1.54, 1.807) is 76.7 Å². The van der Waals surface area contributed by atoms with Crippen molar-refractivity contribution < 1.29 is 82.1 Å². The topological polar surface area (TPSA) is 629 Å². The van der Waals surface area contributed by atoms with Crippen molar-refractivity contribution in [3.05, 3.63) is 72.1 Å². The number of carbonyl (C=O) groups excluding carboxylic acids is 14. The third-order valence-electron chi connectivity index (χ3n) is 19.2. The lowest BCUT2D eigenvalue weighted by molar-refractivity contribution is -0.144. The summed E-state index contributed by atoms with van der Waals surface area (Å²) in [6.07, 6.45) is 12.1. The number of nitrogens with two attached hydrogens (primary N) is 6. The number of H-pyrrole nitrogens is 1. The summed E-state index contributed by atoms with van der Waals surface area (Å²) in [7, 11) is 0. The molecule has 1 fully saturated rings. The van der Waals surface area contributed by atoms with E-state index in [4.69, 9.17) is 34.4 Å². The molecular formula is C71H107N21O17S2. The molecule has 0 spiro atoms. The quantitative estimate of drug-likeness (QED) is 0.0172. The standard InChI is InChI=1S/C71H107N21O17S2/c1-8-35(3)57(88-61(100)42(72)18-14-24-78-71(76)77)69(108)86-50(30-54(73)94)65(104)84-51(31-55(74)95)66(105)89-58(36(4)9-2)70(109)92-33-40(48-29-47(90-91-48)38-15-10-11-16-38)28-53(92)68(107)85-49(27-39-32-79-43-19-13-12-17-41(39)43)64(103)87-52(34-93)67(106)83-45(20-21-56(96)97)62(101)80-37(5)60(99)82-46(23-26-111-7)63(102)81-44(59(75)98)22-25-110-6/h10-13,15-17,19,29,32,35-38,40,42,44-46,48-53,57-58,79,93H,8-9,14,18,20-28,30-31,33-34,72H2,1-7H3,(H2,73,94)(H2,74,95)(H2,75,98)(H,80,101)(H,81,102)(H,82,99)(H,83,106)(H,84,104)(H,85,107)(H,86,108)(H,87,103)(H,88,100)(H,89,105)(H,96,97)(H4,76,77,78)/t35?,36?,37-,40-,42-,44-,45-,46-,48?,49-,50-,51-,52-,53?,57-,58-/m0/s1. The van der Waals surface area contributed by atoms with Crippen LogP contribution in [-0.4, -0.2) is 237 Å². The first-order valence-electron chi connectivity index (χ1n) is 36.5. The fourth-order valence-electron chi connectivity index (χ4n) is 12.4. The van der Waals surface area contributed by atoms with Gasteiger partial charge in [0, 0.05) is 54.9 Å². The van der Waals surface area contributed by atoms with E-state index in [1.165, 1.54) is 35.3 Å². The molecule has 0 saturated carbocycles. The number of guanidine groups is 1. The average Bonchev–Trinajstić information content (AvgIpc) is 1.64. The number of carboxylic acid groups (broad SMARTS) is 1. The Balaban J connectivity index is 1.45. The number of aromatic nitrogens is 1. The van der Waals surface area contributed by atoms with Gasteiger partial charge in [-0.25, -0.2) is 0 Å². The smallest absolute Gasteiger partial charge is 0.303 e.